The number of carbonyl (C=O) groups excluding carboxylic acids is 1. The van der Waals surface area contributed by atoms with Gasteiger partial charge in [0.15, 0.2) is 15.8 Å². The molecule has 0 amide bonds. The van der Waals surface area contributed by atoms with E-state index in [0.717, 1.165) is 5.56 Å². The van der Waals surface area contributed by atoms with Crippen LogP contribution < -0.4 is 4.72 Å². The van der Waals surface area contributed by atoms with Crippen molar-refractivity contribution in [1.29, 1.82) is 0 Å². The minimum Gasteiger partial charge on any atom is -0.294 e. The lowest BCUT2D eigenvalue weighted by molar-refractivity contribution is 0.0994. The Labute approximate surface area is 144 Å². The van der Waals surface area contributed by atoms with Crippen LogP contribution in [0.15, 0.2) is 39.4 Å². The maximum Gasteiger partial charge on any atom is 0.280 e. The molecule has 0 spiro atoms. The number of halogens is 1. The zero-order valence-corrected chi connectivity index (χ0v) is 14.8. The van der Waals surface area contributed by atoms with Crippen LogP contribution in [0.4, 0.5) is 5.69 Å². The fourth-order valence-corrected chi connectivity index (χ4v) is 5.78. The fourth-order valence-electron chi connectivity index (χ4n) is 2.68. The van der Waals surface area contributed by atoms with Crippen molar-refractivity contribution >= 4 is 53.7 Å². The molecule has 6 nitrogen and oxygen atoms in total. The number of carbonyl (C=O) groups is 1. The first-order valence-corrected chi connectivity index (χ1v) is 9.91. The molecular weight excluding hydrogens is 402 g/mol. The van der Waals surface area contributed by atoms with Crippen LogP contribution in [0.5, 0.6) is 0 Å². The third-order valence-electron chi connectivity index (χ3n) is 3.72. The highest BCUT2D eigenvalue weighted by Crippen LogP contribution is 2.29. The third-order valence-corrected chi connectivity index (χ3v) is 6.69. The minimum absolute atomic E-state index is 0.0422. The first-order chi connectivity index (χ1) is 11.0. The van der Waals surface area contributed by atoms with Gasteiger partial charge in [-0.25, -0.2) is 4.98 Å². The number of aromatic nitrogens is 2. The largest absolute Gasteiger partial charge is 0.294 e. The molecule has 1 N–H and O–H groups in total. The Bertz CT molecular complexity index is 1050. The molecule has 23 heavy (non-hydrogen) atoms. The molecule has 9 heteroatoms. The van der Waals surface area contributed by atoms with Gasteiger partial charge in [-0.1, -0.05) is 6.07 Å². The average Bonchev–Trinajstić information content (AvgIpc) is 3.13. The summed E-state index contributed by atoms with van der Waals surface area (Å²) in [5.41, 5.74) is 1.93. The number of fused-ring (bicyclic) bond motifs is 2. The lowest BCUT2D eigenvalue weighted by Gasteiger charge is -2.09. The second kappa shape index (κ2) is 5.15. The summed E-state index contributed by atoms with van der Waals surface area (Å²) in [7, 11) is -3.83. The predicted octanol–water partition coefficient (Wildman–Crippen LogP) is 3.09. The van der Waals surface area contributed by atoms with Crippen LogP contribution in [0, 0.1) is 0 Å². The molecule has 4 rings (SSSR count). The molecule has 0 aliphatic heterocycles. The summed E-state index contributed by atoms with van der Waals surface area (Å²) in [6, 6.07) is 5.07. The summed E-state index contributed by atoms with van der Waals surface area (Å²) in [5, 5.41) is 1.81. The summed E-state index contributed by atoms with van der Waals surface area (Å²) < 4.78 is 29.7. The number of aryl methyl sites for hydroxylation is 1. The summed E-state index contributed by atoms with van der Waals surface area (Å²) in [5.74, 6) is 0.0480. The Morgan fingerprint density at radius 2 is 2.13 bits per heavy atom. The zero-order chi connectivity index (χ0) is 16.2. The third kappa shape index (κ3) is 2.39. The molecule has 0 fully saturated rings. The molecular formula is C14H10BrN3O3S2. The van der Waals surface area contributed by atoms with Crippen LogP contribution in [-0.4, -0.2) is 23.6 Å². The summed E-state index contributed by atoms with van der Waals surface area (Å²) in [4.78, 5) is 16.6. The molecule has 118 valence electrons. The van der Waals surface area contributed by atoms with Crippen LogP contribution in [-0.2, 0) is 16.4 Å². The Morgan fingerprint density at radius 1 is 1.30 bits per heavy atom. The van der Waals surface area contributed by atoms with Gasteiger partial charge in [0.2, 0.25) is 0 Å². The Kier molecular flexibility index (Phi) is 3.33. The smallest absolute Gasteiger partial charge is 0.280 e. The normalized spacial score (nSPS) is 14.4. The number of hydrogen-bond acceptors (Lipinski definition) is 5. The first-order valence-electron chi connectivity index (χ1n) is 6.76. The van der Waals surface area contributed by atoms with Gasteiger partial charge < -0.3 is 0 Å². The molecule has 0 radical (unpaired) electrons. The molecule has 1 aliphatic carbocycles. The number of sulfonamides is 1. The predicted molar refractivity (Wildman–Crippen MR) is 90.7 cm³/mol. The molecule has 0 bridgehead atoms. The van der Waals surface area contributed by atoms with E-state index in [9.17, 15) is 13.2 Å². The quantitative estimate of drug-likeness (QED) is 0.717. The number of imidazole rings is 1. The Morgan fingerprint density at radius 3 is 2.96 bits per heavy atom. The van der Waals surface area contributed by atoms with Crippen LogP contribution in [0.1, 0.15) is 22.3 Å². The van der Waals surface area contributed by atoms with E-state index < -0.39 is 10.0 Å². The Hall–Kier alpha value is -1.71. The van der Waals surface area contributed by atoms with Crippen molar-refractivity contribution in [2.45, 2.75) is 17.9 Å². The van der Waals surface area contributed by atoms with Crippen molar-refractivity contribution in [2.75, 3.05) is 4.72 Å². The SMILES string of the molecule is O=C1CCc2ccc(NS(=O)(=O)c3c(Br)nc4sccn34)cc21. The average molecular weight is 412 g/mol. The lowest BCUT2D eigenvalue weighted by atomic mass is 10.1. The highest BCUT2D eigenvalue weighted by atomic mass is 79.9. The topological polar surface area (TPSA) is 80.5 Å². The lowest BCUT2D eigenvalue weighted by Crippen LogP contribution is -2.15. The van der Waals surface area contributed by atoms with E-state index in [1.807, 2.05) is 0 Å². The van der Waals surface area contributed by atoms with E-state index in [1.54, 1.807) is 29.8 Å². The van der Waals surface area contributed by atoms with E-state index in [4.69, 9.17) is 0 Å². The van der Waals surface area contributed by atoms with Crippen LogP contribution >= 0.6 is 27.3 Å². The van der Waals surface area contributed by atoms with Gasteiger partial charge in [0.05, 0.1) is 0 Å². The number of thiazole rings is 1. The van der Waals surface area contributed by atoms with Crippen LogP contribution in [0.3, 0.4) is 0 Å². The summed E-state index contributed by atoms with van der Waals surface area (Å²) in [6.07, 6.45) is 2.85. The van der Waals surface area contributed by atoms with Crippen LogP contribution in [0.25, 0.3) is 4.96 Å². The first kappa shape index (κ1) is 14.9. The maximum absolute atomic E-state index is 12.7. The molecule has 1 aliphatic rings. The van der Waals surface area contributed by atoms with E-state index in [0.29, 0.717) is 29.1 Å². The van der Waals surface area contributed by atoms with Crippen molar-refractivity contribution in [3.05, 3.63) is 45.5 Å². The van der Waals surface area contributed by atoms with Gasteiger partial charge in [-0.05, 0) is 40.0 Å². The minimum atomic E-state index is -3.83. The molecule has 3 aromatic rings. The van der Waals surface area contributed by atoms with Gasteiger partial charge in [0.25, 0.3) is 10.0 Å². The van der Waals surface area contributed by atoms with Gasteiger partial charge in [-0.15, -0.1) is 11.3 Å². The van der Waals surface area contributed by atoms with Gasteiger partial charge in [0.1, 0.15) is 4.60 Å². The van der Waals surface area contributed by atoms with E-state index in [-0.39, 0.29) is 15.4 Å². The molecule has 0 unspecified atom stereocenters. The molecule has 0 saturated heterocycles. The second-order valence-electron chi connectivity index (χ2n) is 5.16. The van der Waals surface area contributed by atoms with E-state index >= 15 is 0 Å². The van der Waals surface area contributed by atoms with Gasteiger partial charge in [0, 0.05) is 29.2 Å². The molecule has 0 saturated carbocycles. The number of rotatable bonds is 3. The highest BCUT2D eigenvalue weighted by Gasteiger charge is 2.26. The van der Waals surface area contributed by atoms with E-state index in [2.05, 4.69) is 25.6 Å². The number of ketones is 1. The van der Waals surface area contributed by atoms with Crippen molar-refractivity contribution in [3.8, 4) is 0 Å². The molecule has 1 aromatic carbocycles. The van der Waals surface area contributed by atoms with Crippen molar-refractivity contribution < 1.29 is 13.2 Å². The fraction of sp³-hybridized carbons (Fsp3) is 0.143. The van der Waals surface area contributed by atoms with Crippen molar-refractivity contribution in [3.63, 3.8) is 0 Å². The number of nitrogens with zero attached hydrogens (tertiary/aromatic N) is 2. The van der Waals surface area contributed by atoms with Crippen molar-refractivity contribution in [1.82, 2.24) is 9.38 Å². The molecule has 2 heterocycles. The van der Waals surface area contributed by atoms with Gasteiger partial charge >= 0.3 is 0 Å². The van der Waals surface area contributed by atoms with E-state index in [1.165, 1.54) is 15.7 Å². The monoisotopic (exact) mass is 411 g/mol. The standard InChI is InChI=1S/C14H10BrN3O3S2/c15-12-13(18-5-6-22-14(18)16-12)23(20,21)17-9-3-1-8-2-4-11(19)10(8)7-9/h1,3,5-7,17H,2,4H2. The van der Waals surface area contributed by atoms with Crippen LogP contribution in [0.2, 0.25) is 0 Å². The zero-order valence-electron chi connectivity index (χ0n) is 11.6. The number of Topliss-reactive ketones (excluding diaryl/α,β-unsaturated/α-hetero) is 1. The number of hydrogen-bond donors (Lipinski definition) is 1. The molecule has 0 atom stereocenters. The number of anilines is 1. The molecule has 2 aromatic heterocycles. The highest BCUT2D eigenvalue weighted by molar-refractivity contribution is 9.10. The summed E-state index contributed by atoms with van der Waals surface area (Å²) >= 11 is 4.54. The van der Waals surface area contributed by atoms with Gasteiger partial charge in [-0.2, -0.15) is 8.42 Å². The maximum atomic E-state index is 12.7. The second-order valence-corrected chi connectivity index (χ2v) is 8.39. The number of nitrogens with one attached hydrogen (secondary N) is 1. The summed E-state index contributed by atoms with van der Waals surface area (Å²) in [6.45, 7) is 0. The Balaban J connectivity index is 1.76. The number of benzene rings is 1. The van der Waals surface area contributed by atoms with Crippen molar-refractivity contribution in [2.24, 2.45) is 0 Å². The van der Waals surface area contributed by atoms with Gasteiger partial charge in [-0.3, -0.25) is 13.9 Å².